The van der Waals surface area contributed by atoms with E-state index in [0.29, 0.717) is 5.95 Å². The summed E-state index contributed by atoms with van der Waals surface area (Å²) in [5, 5.41) is 7.68. The van der Waals surface area contributed by atoms with E-state index in [1.54, 1.807) is 0 Å². The predicted molar refractivity (Wildman–Crippen MR) is 226 cm³/mol. The van der Waals surface area contributed by atoms with Crippen molar-refractivity contribution in [2.24, 2.45) is 0 Å². The maximum atomic E-state index is 6.87. The molecule has 256 valence electrons. The third-order valence-corrected chi connectivity index (χ3v) is 11.1. The quantitative estimate of drug-likeness (QED) is 0.183. The zero-order chi connectivity index (χ0) is 36.0. The molecule has 0 aliphatic heterocycles. The molecular formula is C50H30N4O. The van der Waals surface area contributed by atoms with Gasteiger partial charge in [0.2, 0.25) is 5.95 Å². The van der Waals surface area contributed by atoms with Crippen molar-refractivity contribution in [1.29, 1.82) is 0 Å². The van der Waals surface area contributed by atoms with Crippen molar-refractivity contribution in [3.63, 3.8) is 0 Å². The molecule has 0 atom stereocenters. The molecule has 0 saturated carbocycles. The molecule has 8 aromatic carbocycles. The first-order valence-corrected chi connectivity index (χ1v) is 18.6. The molecule has 12 aromatic rings. The Morgan fingerprint density at radius 2 is 1.05 bits per heavy atom. The van der Waals surface area contributed by atoms with Crippen LogP contribution in [0.4, 0.5) is 0 Å². The lowest BCUT2D eigenvalue weighted by atomic mass is 10.0. The van der Waals surface area contributed by atoms with Gasteiger partial charge < -0.3 is 8.98 Å². The van der Waals surface area contributed by atoms with Gasteiger partial charge in [0.25, 0.3) is 0 Å². The van der Waals surface area contributed by atoms with Gasteiger partial charge in [0.05, 0.1) is 38.7 Å². The van der Waals surface area contributed by atoms with E-state index in [9.17, 15) is 0 Å². The Morgan fingerprint density at radius 1 is 0.400 bits per heavy atom. The van der Waals surface area contributed by atoms with Gasteiger partial charge in [0, 0.05) is 43.6 Å². The zero-order valence-electron chi connectivity index (χ0n) is 29.5. The molecule has 55 heavy (non-hydrogen) atoms. The molecule has 0 fully saturated rings. The van der Waals surface area contributed by atoms with Crippen molar-refractivity contribution < 1.29 is 4.42 Å². The molecule has 0 saturated heterocycles. The fourth-order valence-electron chi connectivity index (χ4n) is 8.74. The summed E-state index contributed by atoms with van der Waals surface area (Å²) in [6, 6.07) is 64.1. The van der Waals surface area contributed by atoms with Crippen molar-refractivity contribution >= 4 is 76.5 Å². The lowest BCUT2D eigenvalue weighted by Crippen LogP contribution is -2.03. The summed E-state index contributed by atoms with van der Waals surface area (Å²) >= 11 is 0. The van der Waals surface area contributed by atoms with Gasteiger partial charge in [0.1, 0.15) is 11.2 Å². The Kier molecular flexibility index (Phi) is 6.27. The molecule has 0 bridgehead atoms. The predicted octanol–water partition coefficient (Wildman–Crippen LogP) is 13.1. The first-order valence-electron chi connectivity index (χ1n) is 18.6. The van der Waals surface area contributed by atoms with Crippen molar-refractivity contribution in [2.75, 3.05) is 0 Å². The average Bonchev–Trinajstić information content (AvgIpc) is 3.92. The SMILES string of the molecule is c1ccc(-c2cccc(-n3c4ccccc4c4ccc5c(c6c7oc8ccccc8c7ccc6n5-c5nc(-c6ccccc6)c6ccccc6n5)c43)c2)cc1. The summed E-state index contributed by atoms with van der Waals surface area (Å²) in [5.74, 6) is 0.612. The Balaban J connectivity index is 1.28. The van der Waals surface area contributed by atoms with Gasteiger partial charge in [-0.05, 0) is 59.7 Å². The van der Waals surface area contributed by atoms with E-state index in [1.165, 1.54) is 16.3 Å². The van der Waals surface area contributed by atoms with Crippen LogP contribution in [0.3, 0.4) is 0 Å². The van der Waals surface area contributed by atoms with E-state index in [1.807, 2.05) is 18.2 Å². The van der Waals surface area contributed by atoms with Gasteiger partial charge >= 0.3 is 0 Å². The molecule has 4 aromatic heterocycles. The number of para-hydroxylation sites is 3. The highest BCUT2D eigenvalue weighted by Crippen LogP contribution is 2.46. The second-order valence-electron chi connectivity index (χ2n) is 14.2. The minimum absolute atomic E-state index is 0.612. The number of hydrogen-bond acceptors (Lipinski definition) is 3. The van der Waals surface area contributed by atoms with Crippen LogP contribution < -0.4 is 0 Å². The summed E-state index contributed by atoms with van der Waals surface area (Å²) in [7, 11) is 0. The maximum absolute atomic E-state index is 6.87. The van der Waals surface area contributed by atoms with Crippen LogP contribution >= 0.6 is 0 Å². The van der Waals surface area contributed by atoms with Crippen LogP contribution in [-0.4, -0.2) is 19.1 Å². The normalized spacial score (nSPS) is 12.0. The third kappa shape index (κ3) is 4.35. The molecule has 5 nitrogen and oxygen atoms in total. The highest BCUT2D eigenvalue weighted by atomic mass is 16.3. The number of furan rings is 1. The summed E-state index contributed by atoms with van der Waals surface area (Å²) in [4.78, 5) is 10.7. The van der Waals surface area contributed by atoms with E-state index in [4.69, 9.17) is 14.4 Å². The number of benzene rings is 8. The van der Waals surface area contributed by atoms with Gasteiger partial charge in [-0.2, -0.15) is 0 Å². The number of aromatic nitrogens is 4. The van der Waals surface area contributed by atoms with E-state index < -0.39 is 0 Å². The Labute approximate surface area is 315 Å². The van der Waals surface area contributed by atoms with Crippen molar-refractivity contribution in [2.45, 2.75) is 0 Å². The smallest absolute Gasteiger partial charge is 0.235 e. The molecule has 0 amide bonds. The largest absolute Gasteiger partial charge is 0.455 e. The van der Waals surface area contributed by atoms with E-state index in [2.05, 4.69) is 173 Å². The van der Waals surface area contributed by atoms with Gasteiger partial charge in [0.15, 0.2) is 0 Å². The molecule has 0 unspecified atom stereocenters. The fourth-order valence-corrected chi connectivity index (χ4v) is 8.74. The molecular weight excluding hydrogens is 673 g/mol. The number of hydrogen-bond donors (Lipinski definition) is 0. The first kappa shape index (κ1) is 30.0. The molecule has 0 spiro atoms. The fraction of sp³-hybridized carbons (Fsp3) is 0. The van der Waals surface area contributed by atoms with Crippen LogP contribution in [0.25, 0.3) is 110 Å². The third-order valence-electron chi connectivity index (χ3n) is 11.1. The van der Waals surface area contributed by atoms with Crippen LogP contribution in [0, 0.1) is 0 Å². The monoisotopic (exact) mass is 702 g/mol. The standard InChI is InChI=1S/C50H30N4O/c1-3-14-31(15-4-1)33-18-13-19-34(30-33)53-41-24-11-8-20-35(41)37-26-28-42-45(48(37)53)46-43(29-27-38-36-21-9-12-25-44(36)55-49(38)46)54(42)50-51-40-23-10-7-22-39(40)47(52-50)32-16-5-2-6-17-32/h1-30H. The summed E-state index contributed by atoms with van der Waals surface area (Å²) < 4.78 is 11.5. The number of nitrogens with zero attached hydrogens (tertiary/aromatic N) is 4. The van der Waals surface area contributed by atoms with Gasteiger partial charge in [-0.15, -0.1) is 0 Å². The summed E-state index contributed by atoms with van der Waals surface area (Å²) in [6.45, 7) is 0. The number of rotatable bonds is 4. The van der Waals surface area contributed by atoms with Crippen molar-refractivity contribution in [3.8, 4) is 34.0 Å². The highest BCUT2D eigenvalue weighted by molar-refractivity contribution is 6.32. The lowest BCUT2D eigenvalue weighted by molar-refractivity contribution is 0.673. The average molecular weight is 703 g/mol. The summed E-state index contributed by atoms with van der Waals surface area (Å²) in [6.07, 6.45) is 0. The van der Waals surface area contributed by atoms with Gasteiger partial charge in [-0.25, -0.2) is 9.97 Å². The Morgan fingerprint density at radius 3 is 1.89 bits per heavy atom. The molecule has 0 aliphatic rings. The molecule has 0 N–H and O–H groups in total. The molecule has 12 rings (SSSR count). The lowest BCUT2D eigenvalue weighted by Gasteiger charge is -2.12. The Hall–Kier alpha value is -7.50. The molecule has 0 aliphatic carbocycles. The number of fused-ring (bicyclic) bond motifs is 12. The minimum Gasteiger partial charge on any atom is -0.455 e. The van der Waals surface area contributed by atoms with Crippen LogP contribution in [-0.2, 0) is 0 Å². The molecule has 4 heterocycles. The van der Waals surface area contributed by atoms with Crippen LogP contribution in [0.5, 0.6) is 0 Å². The van der Waals surface area contributed by atoms with Gasteiger partial charge in [-0.3, -0.25) is 4.57 Å². The van der Waals surface area contributed by atoms with E-state index in [-0.39, 0.29) is 0 Å². The molecule has 0 radical (unpaired) electrons. The minimum atomic E-state index is 0.612. The summed E-state index contributed by atoms with van der Waals surface area (Å²) in [5.41, 5.74) is 12.2. The van der Waals surface area contributed by atoms with Crippen molar-refractivity contribution in [3.05, 3.63) is 182 Å². The second kappa shape index (κ2) is 11.5. The highest BCUT2D eigenvalue weighted by Gasteiger charge is 2.25. The first-order chi connectivity index (χ1) is 27.3. The second-order valence-corrected chi connectivity index (χ2v) is 14.2. The zero-order valence-corrected chi connectivity index (χ0v) is 29.5. The van der Waals surface area contributed by atoms with Crippen LogP contribution in [0.15, 0.2) is 186 Å². The van der Waals surface area contributed by atoms with E-state index in [0.717, 1.165) is 88.2 Å². The molecule has 5 heteroatoms. The van der Waals surface area contributed by atoms with Gasteiger partial charge in [-0.1, -0.05) is 133 Å². The van der Waals surface area contributed by atoms with Crippen LogP contribution in [0.1, 0.15) is 0 Å². The van der Waals surface area contributed by atoms with E-state index >= 15 is 0 Å². The van der Waals surface area contributed by atoms with Crippen molar-refractivity contribution in [1.82, 2.24) is 19.1 Å². The topological polar surface area (TPSA) is 48.8 Å². The Bertz CT molecular complexity index is 3480. The van der Waals surface area contributed by atoms with Crippen LogP contribution in [0.2, 0.25) is 0 Å². The maximum Gasteiger partial charge on any atom is 0.235 e.